The molecule has 1 N–H and O–H groups in total. The average Bonchev–Trinajstić information content (AvgIpc) is 2.65. The van der Waals surface area contributed by atoms with Crippen LogP contribution in [0.2, 0.25) is 0 Å². The fourth-order valence-corrected chi connectivity index (χ4v) is 1.88. The van der Waals surface area contributed by atoms with Gasteiger partial charge in [0.15, 0.2) is 5.69 Å². The van der Waals surface area contributed by atoms with E-state index >= 15 is 0 Å². The van der Waals surface area contributed by atoms with Crippen molar-refractivity contribution >= 4 is 5.69 Å². The summed E-state index contributed by atoms with van der Waals surface area (Å²) in [4.78, 5) is 6.30. The number of likely N-dealkylation sites (tertiary alicyclic amines) is 1. The molecule has 4 heteroatoms. The molecule has 15 heavy (non-hydrogen) atoms. The number of hydrogen-bond acceptors (Lipinski definition) is 4. The number of nitriles is 1. The molecule has 2 rings (SSSR count). The van der Waals surface area contributed by atoms with Crippen molar-refractivity contribution in [1.82, 2.24) is 9.88 Å². The Hall–Kier alpha value is -1.60. The van der Waals surface area contributed by atoms with Crippen molar-refractivity contribution in [2.24, 2.45) is 0 Å². The van der Waals surface area contributed by atoms with Crippen molar-refractivity contribution < 1.29 is 0 Å². The normalized spacial score (nSPS) is 21.2. The van der Waals surface area contributed by atoms with Crippen LogP contribution in [0.1, 0.15) is 12.1 Å². The lowest BCUT2D eigenvalue weighted by Crippen LogP contribution is -2.24. The van der Waals surface area contributed by atoms with Crippen molar-refractivity contribution in [3.8, 4) is 6.07 Å². The van der Waals surface area contributed by atoms with Gasteiger partial charge in [0.25, 0.3) is 0 Å². The van der Waals surface area contributed by atoms with E-state index in [1.165, 1.54) is 0 Å². The van der Waals surface area contributed by atoms with Crippen molar-refractivity contribution in [2.45, 2.75) is 12.5 Å². The van der Waals surface area contributed by atoms with Gasteiger partial charge in [0.05, 0.1) is 5.69 Å². The van der Waals surface area contributed by atoms with E-state index in [9.17, 15) is 0 Å². The molecule has 0 bridgehead atoms. The average molecular weight is 202 g/mol. The number of hydrogen-bond donors (Lipinski definition) is 1. The van der Waals surface area contributed by atoms with Gasteiger partial charge in [-0.15, -0.1) is 0 Å². The molecular weight excluding hydrogens is 188 g/mol. The van der Waals surface area contributed by atoms with Crippen LogP contribution in [0.3, 0.4) is 0 Å². The number of nitrogens with zero attached hydrogens (tertiary/aromatic N) is 3. The second-order valence-electron chi connectivity index (χ2n) is 3.90. The molecule has 78 valence electrons. The molecule has 1 saturated heterocycles. The van der Waals surface area contributed by atoms with Gasteiger partial charge < -0.3 is 10.2 Å². The molecule has 0 saturated carbocycles. The van der Waals surface area contributed by atoms with Gasteiger partial charge in [-0.25, -0.2) is 4.98 Å². The highest BCUT2D eigenvalue weighted by Gasteiger charge is 2.19. The summed E-state index contributed by atoms with van der Waals surface area (Å²) in [7, 11) is 2.11. The zero-order valence-corrected chi connectivity index (χ0v) is 8.77. The predicted molar refractivity (Wildman–Crippen MR) is 58.5 cm³/mol. The van der Waals surface area contributed by atoms with Crippen LogP contribution in [0.5, 0.6) is 0 Å². The number of likely N-dealkylation sites (N-methyl/N-ethyl adjacent to an activating group) is 1. The molecule has 1 unspecified atom stereocenters. The van der Waals surface area contributed by atoms with Gasteiger partial charge in [-0.1, -0.05) is 0 Å². The Labute approximate surface area is 89.5 Å². The summed E-state index contributed by atoms with van der Waals surface area (Å²) < 4.78 is 0. The summed E-state index contributed by atoms with van der Waals surface area (Å²) in [5.41, 5.74) is 1.33. The molecule has 1 aliphatic rings. The minimum Gasteiger partial charge on any atom is -0.379 e. The SMILES string of the molecule is CN1CCC(Nc2cccnc2C#N)C1. The maximum absolute atomic E-state index is 8.88. The van der Waals surface area contributed by atoms with E-state index in [4.69, 9.17) is 5.26 Å². The summed E-state index contributed by atoms with van der Waals surface area (Å²) >= 11 is 0. The van der Waals surface area contributed by atoms with E-state index in [0.29, 0.717) is 11.7 Å². The topological polar surface area (TPSA) is 52.0 Å². The molecular formula is C11H14N4. The third-order valence-corrected chi connectivity index (χ3v) is 2.66. The Kier molecular flexibility index (Phi) is 2.84. The van der Waals surface area contributed by atoms with Gasteiger partial charge in [-0.05, 0) is 32.1 Å². The van der Waals surface area contributed by atoms with E-state index in [2.05, 4.69) is 28.3 Å². The first-order valence-electron chi connectivity index (χ1n) is 5.10. The number of rotatable bonds is 2. The van der Waals surface area contributed by atoms with E-state index in [0.717, 1.165) is 25.2 Å². The van der Waals surface area contributed by atoms with Crippen LogP contribution in [0.25, 0.3) is 0 Å². The molecule has 0 spiro atoms. The summed E-state index contributed by atoms with van der Waals surface area (Å²) in [6.45, 7) is 2.14. The molecule has 0 aliphatic carbocycles. The van der Waals surface area contributed by atoms with Crippen LogP contribution < -0.4 is 5.32 Å². The molecule has 0 radical (unpaired) electrons. The lowest BCUT2D eigenvalue weighted by atomic mass is 10.2. The molecule has 1 aromatic heterocycles. The molecule has 1 atom stereocenters. The minimum atomic E-state index is 0.436. The van der Waals surface area contributed by atoms with Crippen LogP contribution in [-0.4, -0.2) is 36.1 Å². The van der Waals surface area contributed by atoms with Gasteiger partial charge in [0.1, 0.15) is 6.07 Å². The first-order valence-corrected chi connectivity index (χ1v) is 5.10. The van der Waals surface area contributed by atoms with E-state index in [1.807, 2.05) is 12.1 Å². The largest absolute Gasteiger partial charge is 0.379 e. The molecule has 1 aliphatic heterocycles. The van der Waals surface area contributed by atoms with Gasteiger partial charge in [0, 0.05) is 18.8 Å². The Morgan fingerprint density at radius 3 is 3.20 bits per heavy atom. The van der Waals surface area contributed by atoms with Crippen molar-refractivity contribution in [3.63, 3.8) is 0 Å². The van der Waals surface area contributed by atoms with Crippen LogP contribution in [0.15, 0.2) is 18.3 Å². The van der Waals surface area contributed by atoms with Crippen LogP contribution in [0.4, 0.5) is 5.69 Å². The van der Waals surface area contributed by atoms with Crippen LogP contribution in [0, 0.1) is 11.3 Å². The zero-order chi connectivity index (χ0) is 10.7. The fourth-order valence-electron chi connectivity index (χ4n) is 1.88. The lowest BCUT2D eigenvalue weighted by molar-refractivity contribution is 0.414. The summed E-state index contributed by atoms with van der Waals surface area (Å²) in [5.74, 6) is 0. The second-order valence-corrected chi connectivity index (χ2v) is 3.90. The molecule has 1 fully saturated rings. The Morgan fingerprint density at radius 1 is 1.67 bits per heavy atom. The molecule has 1 aromatic rings. The summed E-state index contributed by atoms with van der Waals surface area (Å²) in [5, 5.41) is 12.2. The van der Waals surface area contributed by atoms with Crippen molar-refractivity contribution in [1.29, 1.82) is 5.26 Å². The molecule has 2 heterocycles. The monoisotopic (exact) mass is 202 g/mol. The maximum atomic E-state index is 8.88. The first-order chi connectivity index (χ1) is 7.29. The van der Waals surface area contributed by atoms with E-state index in [1.54, 1.807) is 6.20 Å². The zero-order valence-electron chi connectivity index (χ0n) is 8.77. The van der Waals surface area contributed by atoms with Gasteiger partial charge in [-0.2, -0.15) is 5.26 Å². The van der Waals surface area contributed by atoms with E-state index < -0.39 is 0 Å². The second kappa shape index (κ2) is 4.28. The summed E-state index contributed by atoms with van der Waals surface area (Å²) in [6.07, 6.45) is 2.76. The van der Waals surface area contributed by atoms with Crippen LogP contribution >= 0.6 is 0 Å². The number of anilines is 1. The van der Waals surface area contributed by atoms with Gasteiger partial charge in [-0.3, -0.25) is 0 Å². The standard InChI is InChI=1S/C11H14N4/c1-15-6-4-9(8-15)14-10-3-2-5-13-11(10)7-12/h2-3,5,9,14H,4,6,8H2,1H3. The number of aromatic nitrogens is 1. The number of nitrogens with one attached hydrogen (secondary N) is 1. The highest BCUT2D eigenvalue weighted by atomic mass is 15.2. The predicted octanol–water partition coefficient (Wildman–Crippen LogP) is 1.07. The fraction of sp³-hybridized carbons (Fsp3) is 0.455. The first kappa shape index (κ1) is 9.94. The van der Waals surface area contributed by atoms with Gasteiger partial charge in [0.2, 0.25) is 0 Å². The van der Waals surface area contributed by atoms with E-state index in [-0.39, 0.29) is 0 Å². The van der Waals surface area contributed by atoms with Crippen molar-refractivity contribution in [3.05, 3.63) is 24.0 Å². The Morgan fingerprint density at radius 2 is 2.53 bits per heavy atom. The smallest absolute Gasteiger partial charge is 0.163 e. The molecule has 0 amide bonds. The highest BCUT2D eigenvalue weighted by Crippen LogP contribution is 2.16. The Bertz CT molecular complexity index is 382. The molecule has 0 aromatic carbocycles. The molecule has 4 nitrogen and oxygen atoms in total. The quantitative estimate of drug-likeness (QED) is 0.779. The maximum Gasteiger partial charge on any atom is 0.163 e. The minimum absolute atomic E-state index is 0.436. The Balaban J connectivity index is 2.08. The van der Waals surface area contributed by atoms with Crippen molar-refractivity contribution in [2.75, 3.05) is 25.5 Å². The third kappa shape index (κ3) is 2.25. The highest BCUT2D eigenvalue weighted by molar-refractivity contribution is 5.54. The van der Waals surface area contributed by atoms with Gasteiger partial charge >= 0.3 is 0 Å². The summed E-state index contributed by atoms with van der Waals surface area (Å²) in [6, 6.07) is 6.29. The lowest BCUT2D eigenvalue weighted by Gasteiger charge is -2.14. The third-order valence-electron chi connectivity index (χ3n) is 2.66. The number of pyridine rings is 1. The van der Waals surface area contributed by atoms with Crippen LogP contribution in [-0.2, 0) is 0 Å².